The third-order valence-electron chi connectivity index (χ3n) is 9.08. The smallest absolute Gasteiger partial charge is 0.164 e. The summed E-state index contributed by atoms with van der Waals surface area (Å²) in [6.45, 7) is 0. The Morgan fingerprint density at radius 1 is 0.250 bits per heavy atom. The molecule has 8 aromatic carbocycles. The highest BCUT2D eigenvalue weighted by atomic mass is 15.0. The summed E-state index contributed by atoms with van der Waals surface area (Å²) in [5.74, 6) is 1.95. The molecular formula is C45H29N3. The quantitative estimate of drug-likeness (QED) is 0.194. The molecule has 224 valence electrons. The molecule has 1 heterocycles. The van der Waals surface area contributed by atoms with Crippen molar-refractivity contribution in [1.29, 1.82) is 0 Å². The maximum absolute atomic E-state index is 5.13. The van der Waals surface area contributed by atoms with Gasteiger partial charge in [0, 0.05) is 16.7 Å². The minimum atomic E-state index is 0.649. The predicted molar refractivity (Wildman–Crippen MR) is 200 cm³/mol. The molecule has 3 heteroatoms. The maximum atomic E-state index is 5.13. The zero-order valence-corrected chi connectivity index (χ0v) is 26.1. The number of aromatic nitrogens is 3. The molecule has 3 nitrogen and oxygen atoms in total. The average molecular weight is 612 g/mol. The van der Waals surface area contributed by atoms with Crippen LogP contribution < -0.4 is 0 Å². The van der Waals surface area contributed by atoms with E-state index in [2.05, 4.69) is 140 Å². The molecule has 0 fully saturated rings. The zero-order valence-electron chi connectivity index (χ0n) is 26.1. The molecule has 1 aromatic heterocycles. The van der Waals surface area contributed by atoms with Gasteiger partial charge in [-0.15, -0.1) is 0 Å². The van der Waals surface area contributed by atoms with Gasteiger partial charge in [-0.2, -0.15) is 0 Å². The first-order valence-corrected chi connectivity index (χ1v) is 16.2. The molecule has 0 bridgehead atoms. The van der Waals surface area contributed by atoms with Crippen LogP contribution in [0.4, 0.5) is 0 Å². The van der Waals surface area contributed by atoms with E-state index in [0.29, 0.717) is 17.5 Å². The summed E-state index contributed by atoms with van der Waals surface area (Å²) in [5, 5.41) is 7.05. The molecular weight excluding hydrogens is 583 g/mol. The van der Waals surface area contributed by atoms with Crippen LogP contribution in [-0.2, 0) is 0 Å². The highest BCUT2D eigenvalue weighted by Gasteiger charge is 2.15. The molecule has 0 aliphatic rings. The Labute approximate surface area is 278 Å². The molecule has 0 aliphatic heterocycles. The summed E-state index contributed by atoms with van der Waals surface area (Å²) in [6.07, 6.45) is 0. The van der Waals surface area contributed by atoms with E-state index < -0.39 is 0 Å². The van der Waals surface area contributed by atoms with E-state index >= 15 is 0 Å². The highest BCUT2D eigenvalue weighted by Crippen LogP contribution is 2.34. The fourth-order valence-electron chi connectivity index (χ4n) is 6.55. The number of rotatable bonds is 5. The van der Waals surface area contributed by atoms with Crippen molar-refractivity contribution in [2.45, 2.75) is 0 Å². The van der Waals surface area contributed by atoms with Gasteiger partial charge in [-0.25, -0.2) is 15.0 Å². The molecule has 0 N–H and O–H groups in total. The molecule has 48 heavy (non-hydrogen) atoms. The first kappa shape index (κ1) is 27.8. The number of benzene rings is 8. The standard InChI is InChI=1S/C45H29N3/c1-3-10-30(11-4-1)39-21-19-32-16-9-17-41(42(32)29-39)45-47-43(33-13-5-2-6-14-33)46-44(48-45)40-25-24-37-27-36(22-23-38(37)28-40)35-20-18-31-12-7-8-15-34(31)26-35/h1-29H. The summed E-state index contributed by atoms with van der Waals surface area (Å²) < 4.78 is 0. The lowest BCUT2D eigenvalue weighted by Gasteiger charge is -2.12. The van der Waals surface area contributed by atoms with Crippen molar-refractivity contribution < 1.29 is 0 Å². The van der Waals surface area contributed by atoms with Gasteiger partial charge in [0.05, 0.1) is 0 Å². The van der Waals surface area contributed by atoms with Gasteiger partial charge in [0.2, 0.25) is 0 Å². The number of nitrogens with zero attached hydrogens (tertiary/aromatic N) is 3. The van der Waals surface area contributed by atoms with Crippen molar-refractivity contribution in [3.05, 3.63) is 176 Å². The van der Waals surface area contributed by atoms with E-state index in [-0.39, 0.29) is 0 Å². The third-order valence-corrected chi connectivity index (χ3v) is 9.08. The molecule has 0 saturated heterocycles. The maximum Gasteiger partial charge on any atom is 0.164 e. The van der Waals surface area contributed by atoms with Crippen LogP contribution in [-0.4, -0.2) is 15.0 Å². The second kappa shape index (κ2) is 11.7. The first-order chi connectivity index (χ1) is 23.7. The Morgan fingerprint density at radius 3 is 1.42 bits per heavy atom. The van der Waals surface area contributed by atoms with Crippen LogP contribution in [0.5, 0.6) is 0 Å². The fourth-order valence-corrected chi connectivity index (χ4v) is 6.55. The molecule has 0 atom stereocenters. The first-order valence-electron chi connectivity index (χ1n) is 16.2. The lowest BCUT2D eigenvalue weighted by molar-refractivity contribution is 1.08. The molecule has 0 saturated carbocycles. The molecule has 9 aromatic rings. The Hall–Kier alpha value is -6.45. The van der Waals surface area contributed by atoms with Crippen molar-refractivity contribution >= 4 is 32.3 Å². The second-order valence-electron chi connectivity index (χ2n) is 12.1. The third kappa shape index (κ3) is 5.18. The normalized spacial score (nSPS) is 11.3. The van der Waals surface area contributed by atoms with Gasteiger partial charge in [-0.05, 0) is 78.8 Å². The highest BCUT2D eigenvalue weighted by molar-refractivity contribution is 5.98. The van der Waals surface area contributed by atoms with E-state index in [1.54, 1.807) is 0 Å². The topological polar surface area (TPSA) is 38.7 Å². The van der Waals surface area contributed by atoms with Crippen molar-refractivity contribution in [1.82, 2.24) is 15.0 Å². The number of fused-ring (bicyclic) bond motifs is 3. The van der Waals surface area contributed by atoms with Gasteiger partial charge >= 0.3 is 0 Å². The fraction of sp³-hybridized carbons (Fsp3) is 0. The Balaban J connectivity index is 1.17. The molecule has 0 radical (unpaired) electrons. The minimum absolute atomic E-state index is 0.649. The van der Waals surface area contributed by atoms with Crippen LogP contribution in [0.15, 0.2) is 176 Å². The zero-order chi connectivity index (χ0) is 31.9. The molecule has 0 amide bonds. The van der Waals surface area contributed by atoms with Gasteiger partial charge < -0.3 is 0 Å². The van der Waals surface area contributed by atoms with E-state index in [1.165, 1.54) is 32.8 Å². The van der Waals surface area contributed by atoms with Crippen molar-refractivity contribution in [2.75, 3.05) is 0 Å². The van der Waals surface area contributed by atoms with Gasteiger partial charge in [0.15, 0.2) is 17.5 Å². The molecule has 0 unspecified atom stereocenters. The Bertz CT molecular complexity index is 2610. The summed E-state index contributed by atoms with van der Waals surface area (Å²) in [7, 11) is 0. The van der Waals surface area contributed by atoms with Gasteiger partial charge in [0.1, 0.15) is 0 Å². The summed E-state index contributed by atoms with van der Waals surface area (Å²) in [6, 6.07) is 61.8. The SMILES string of the molecule is c1ccc(-c2ccc3cccc(-c4nc(-c5ccccc5)nc(-c5ccc6cc(-c7ccc8ccccc8c7)ccc6c5)n4)c3c2)cc1. The second-order valence-corrected chi connectivity index (χ2v) is 12.1. The lowest BCUT2D eigenvalue weighted by Crippen LogP contribution is -2.00. The van der Waals surface area contributed by atoms with Gasteiger partial charge in [-0.1, -0.05) is 152 Å². The average Bonchev–Trinajstić information content (AvgIpc) is 3.17. The summed E-state index contributed by atoms with van der Waals surface area (Å²) >= 11 is 0. The summed E-state index contributed by atoms with van der Waals surface area (Å²) in [5.41, 5.74) is 7.62. The Kier molecular flexibility index (Phi) is 6.80. The van der Waals surface area contributed by atoms with E-state index in [4.69, 9.17) is 15.0 Å². The van der Waals surface area contributed by atoms with Crippen LogP contribution in [0.3, 0.4) is 0 Å². The van der Waals surface area contributed by atoms with Gasteiger partial charge in [0.25, 0.3) is 0 Å². The van der Waals surface area contributed by atoms with E-state index in [0.717, 1.165) is 38.4 Å². The molecule has 0 aliphatic carbocycles. The van der Waals surface area contributed by atoms with Crippen LogP contribution in [0, 0.1) is 0 Å². The minimum Gasteiger partial charge on any atom is -0.208 e. The molecule has 9 rings (SSSR count). The predicted octanol–water partition coefficient (Wildman–Crippen LogP) is 11.7. The Morgan fingerprint density at radius 2 is 0.708 bits per heavy atom. The van der Waals surface area contributed by atoms with E-state index in [9.17, 15) is 0 Å². The lowest BCUT2D eigenvalue weighted by atomic mass is 9.97. The van der Waals surface area contributed by atoms with E-state index in [1.807, 2.05) is 36.4 Å². The summed E-state index contributed by atoms with van der Waals surface area (Å²) in [4.78, 5) is 15.2. The monoisotopic (exact) mass is 611 g/mol. The van der Waals surface area contributed by atoms with Gasteiger partial charge in [-0.3, -0.25) is 0 Å². The number of hydrogen-bond donors (Lipinski definition) is 0. The molecule has 0 spiro atoms. The van der Waals surface area contributed by atoms with Crippen molar-refractivity contribution in [3.63, 3.8) is 0 Å². The van der Waals surface area contributed by atoms with Crippen molar-refractivity contribution in [2.24, 2.45) is 0 Å². The van der Waals surface area contributed by atoms with Crippen molar-refractivity contribution in [3.8, 4) is 56.4 Å². The van der Waals surface area contributed by atoms with Crippen LogP contribution in [0.1, 0.15) is 0 Å². The number of hydrogen-bond acceptors (Lipinski definition) is 3. The van der Waals surface area contributed by atoms with Crippen LogP contribution in [0.2, 0.25) is 0 Å². The van der Waals surface area contributed by atoms with Crippen LogP contribution >= 0.6 is 0 Å². The largest absolute Gasteiger partial charge is 0.208 e. The van der Waals surface area contributed by atoms with Crippen LogP contribution in [0.25, 0.3) is 88.7 Å².